The van der Waals surface area contributed by atoms with Crippen molar-refractivity contribution in [2.75, 3.05) is 26.7 Å². The standard InChI is InChI=1S/C15H30N2O2/c1-6-12(4)17(8-3)11-15(16-7-2,13-9-10-13)14(18)19-5/h12-13,16H,6-11H2,1-5H3. The van der Waals surface area contributed by atoms with E-state index in [0.717, 1.165) is 38.9 Å². The largest absolute Gasteiger partial charge is 0.468 e. The predicted octanol–water partition coefficient (Wildman–Crippen LogP) is 2.04. The van der Waals surface area contributed by atoms with Crippen molar-refractivity contribution in [1.29, 1.82) is 0 Å². The average Bonchev–Trinajstić information content (AvgIpc) is 3.26. The highest BCUT2D eigenvalue weighted by molar-refractivity contribution is 5.82. The zero-order valence-corrected chi connectivity index (χ0v) is 13.2. The van der Waals surface area contributed by atoms with Crippen LogP contribution in [0.2, 0.25) is 0 Å². The van der Waals surface area contributed by atoms with Gasteiger partial charge in [-0.1, -0.05) is 20.8 Å². The van der Waals surface area contributed by atoms with Crippen LogP contribution in [0.4, 0.5) is 0 Å². The first-order chi connectivity index (χ1) is 9.05. The smallest absolute Gasteiger partial charge is 0.327 e. The fourth-order valence-electron chi connectivity index (χ4n) is 2.86. The lowest BCUT2D eigenvalue weighted by Gasteiger charge is -2.39. The third kappa shape index (κ3) is 3.69. The summed E-state index contributed by atoms with van der Waals surface area (Å²) in [7, 11) is 1.50. The number of methoxy groups -OCH3 is 1. The number of nitrogens with one attached hydrogen (secondary N) is 1. The Morgan fingerprint density at radius 2 is 2.05 bits per heavy atom. The Balaban J connectivity index is 2.91. The topological polar surface area (TPSA) is 41.6 Å². The highest BCUT2D eigenvalue weighted by atomic mass is 16.5. The van der Waals surface area contributed by atoms with Gasteiger partial charge < -0.3 is 10.1 Å². The number of carbonyl (C=O) groups excluding carboxylic acids is 1. The molecular formula is C15H30N2O2. The second kappa shape index (κ2) is 7.25. The number of hydrogen-bond acceptors (Lipinski definition) is 4. The van der Waals surface area contributed by atoms with Gasteiger partial charge in [-0.15, -0.1) is 0 Å². The van der Waals surface area contributed by atoms with E-state index in [0.29, 0.717) is 12.0 Å². The van der Waals surface area contributed by atoms with Crippen LogP contribution in [0.1, 0.15) is 47.0 Å². The summed E-state index contributed by atoms with van der Waals surface area (Å²) < 4.78 is 5.10. The molecule has 4 nitrogen and oxygen atoms in total. The molecule has 0 aromatic heterocycles. The van der Waals surface area contributed by atoms with Crippen molar-refractivity contribution < 1.29 is 9.53 Å². The molecule has 0 spiro atoms. The van der Waals surface area contributed by atoms with Gasteiger partial charge in [-0.05, 0) is 45.2 Å². The SMILES string of the molecule is CCNC(CN(CC)C(C)CC)(C(=O)OC)C1CC1. The van der Waals surface area contributed by atoms with Gasteiger partial charge >= 0.3 is 5.97 Å². The van der Waals surface area contributed by atoms with Gasteiger partial charge in [-0.25, -0.2) is 4.79 Å². The Labute approximate surface area is 117 Å². The summed E-state index contributed by atoms with van der Waals surface area (Å²) in [6, 6.07) is 0.492. The molecule has 1 fully saturated rings. The summed E-state index contributed by atoms with van der Waals surface area (Å²) in [6.07, 6.45) is 3.35. The quantitative estimate of drug-likeness (QED) is 0.651. The summed E-state index contributed by atoms with van der Waals surface area (Å²) in [4.78, 5) is 14.7. The summed E-state index contributed by atoms with van der Waals surface area (Å²) >= 11 is 0. The van der Waals surface area contributed by atoms with Crippen molar-refractivity contribution in [1.82, 2.24) is 10.2 Å². The molecular weight excluding hydrogens is 240 g/mol. The number of likely N-dealkylation sites (N-methyl/N-ethyl adjacent to an activating group) is 2. The number of nitrogens with zero attached hydrogens (tertiary/aromatic N) is 1. The maximum Gasteiger partial charge on any atom is 0.327 e. The molecule has 1 aliphatic carbocycles. The molecule has 1 aliphatic rings. The Morgan fingerprint density at radius 3 is 2.42 bits per heavy atom. The van der Waals surface area contributed by atoms with E-state index >= 15 is 0 Å². The minimum absolute atomic E-state index is 0.0985. The van der Waals surface area contributed by atoms with Gasteiger partial charge in [-0.2, -0.15) is 0 Å². The van der Waals surface area contributed by atoms with E-state index in [1.54, 1.807) is 0 Å². The summed E-state index contributed by atoms with van der Waals surface area (Å²) in [5, 5.41) is 3.44. The van der Waals surface area contributed by atoms with E-state index in [-0.39, 0.29) is 5.97 Å². The zero-order valence-electron chi connectivity index (χ0n) is 13.2. The molecule has 1 rings (SSSR count). The molecule has 2 atom stereocenters. The first-order valence-electron chi connectivity index (χ1n) is 7.63. The van der Waals surface area contributed by atoms with Crippen molar-refractivity contribution >= 4 is 5.97 Å². The van der Waals surface area contributed by atoms with Gasteiger partial charge in [-0.3, -0.25) is 4.90 Å². The van der Waals surface area contributed by atoms with E-state index in [2.05, 4.69) is 37.9 Å². The van der Waals surface area contributed by atoms with Crippen LogP contribution in [-0.2, 0) is 9.53 Å². The van der Waals surface area contributed by atoms with Crippen molar-refractivity contribution in [2.45, 2.75) is 58.5 Å². The van der Waals surface area contributed by atoms with Gasteiger partial charge in [0, 0.05) is 12.6 Å². The van der Waals surface area contributed by atoms with Crippen LogP contribution in [-0.4, -0.2) is 49.2 Å². The molecule has 0 aliphatic heterocycles. The minimum Gasteiger partial charge on any atom is -0.468 e. The maximum absolute atomic E-state index is 12.4. The van der Waals surface area contributed by atoms with E-state index in [9.17, 15) is 4.79 Å². The lowest BCUT2D eigenvalue weighted by Crippen LogP contribution is -2.62. The Bertz CT molecular complexity index is 292. The van der Waals surface area contributed by atoms with Crippen molar-refractivity contribution in [3.63, 3.8) is 0 Å². The van der Waals surface area contributed by atoms with Crippen molar-refractivity contribution in [2.24, 2.45) is 5.92 Å². The molecule has 19 heavy (non-hydrogen) atoms. The Hall–Kier alpha value is -0.610. The lowest BCUT2D eigenvalue weighted by molar-refractivity contribution is -0.151. The Kier molecular flexibility index (Phi) is 6.27. The van der Waals surface area contributed by atoms with Gasteiger partial charge in [0.1, 0.15) is 5.54 Å². The molecule has 1 N–H and O–H groups in total. The fourth-order valence-corrected chi connectivity index (χ4v) is 2.86. The maximum atomic E-state index is 12.4. The highest BCUT2D eigenvalue weighted by Crippen LogP contribution is 2.41. The van der Waals surface area contributed by atoms with Gasteiger partial charge in [0.15, 0.2) is 0 Å². The molecule has 0 aromatic carbocycles. The molecule has 0 heterocycles. The van der Waals surface area contributed by atoms with Crippen LogP contribution in [0.25, 0.3) is 0 Å². The van der Waals surface area contributed by atoms with Gasteiger partial charge in [0.25, 0.3) is 0 Å². The van der Waals surface area contributed by atoms with E-state index < -0.39 is 5.54 Å². The minimum atomic E-state index is -0.511. The van der Waals surface area contributed by atoms with Crippen LogP contribution in [0.15, 0.2) is 0 Å². The van der Waals surface area contributed by atoms with Crippen molar-refractivity contribution in [3.05, 3.63) is 0 Å². The van der Waals surface area contributed by atoms with Crippen LogP contribution in [0.3, 0.4) is 0 Å². The molecule has 0 amide bonds. The molecule has 0 saturated heterocycles. The van der Waals surface area contributed by atoms with E-state index in [4.69, 9.17) is 4.74 Å². The first-order valence-corrected chi connectivity index (χ1v) is 7.63. The average molecular weight is 270 g/mol. The Morgan fingerprint density at radius 1 is 1.42 bits per heavy atom. The monoisotopic (exact) mass is 270 g/mol. The molecule has 0 bridgehead atoms. The molecule has 2 unspecified atom stereocenters. The third-order valence-corrected chi connectivity index (χ3v) is 4.39. The predicted molar refractivity (Wildman–Crippen MR) is 78.1 cm³/mol. The second-order valence-electron chi connectivity index (χ2n) is 5.59. The molecule has 112 valence electrons. The number of ether oxygens (including phenoxy) is 1. The van der Waals surface area contributed by atoms with Crippen LogP contribution >= 0.6 is 0 Å². The number of esters is 1. The molecule has 4 heteroatoms. The van der Waals surface area contributed by atoms with Gasteiger partial charge in [0.05, 0.1) is 7.11 Å². The summed E-state index contributed by atoms with van der Waals surface area (Å²) in [5.74, 6) is 0.330. The lowest BCUT2D eigenvalue weighted by atomic mass is 9.91. The second-order valence-corrected chi connectivity index (χ2v) is 5.59. The zero-order chi connectivity index (χ0) is 14.5. The highest BCUT2D eigenvalue weighted by Gasteiger charge is 2.52. The first kappa shape index (κ1) is 16.4. The fraction of sp³-hybridized carbons (Fsp3) is 0.933. The van der Waals surface area contributed by atoms with Crippen LogP contribution in [0.5, 0.6) is 0 Å². The molecule has 0 radical (unpaired) electrons. The third-order valence-electron chi connectivity index (χ3n) is 4.39. The van der Waals surface area contributed by atoms with Crippen LogP contribution in [0, 0.1) is 5.92 Å². The number of hydrogen-bond donors (Lipinski definition) is 1. The van der Waals surface area contributed by atoms with E-state index in [1.165, 1.54) is 7.11 Å². The van der Waals surface area contributed by atoms with E-state index in [1.807, 2.05) is 0 Å². The van der Waals surface area contributed by atoms with Crippen LogP contribution < -0.4 is 5.32 Å². The van der Waals surface area contributed by atoms with Gasteiger partial charge in [0.2, 0.25) is 0 Å². The molecule has 1 saturated carbocycles. The normalized spacial score (nSPS) is 20.1. The van der Waals surface area contributed by atoms with Crippen molar-refractivity contribution in [3.8, 4) is 0 Å². The number of carbonyl (C=O) groups is 1. The number of rotatable bonds is 9. The summed E-state index contributed by atoms with van der Waals surface area (Å²) in [5.41, 5.74) is -0.511. The summed E-state index contributed by atoms with van der Waals surface area (Å²) in [6.45, 7) is 11.1. The molecule has 0 aromatic rings.